The summed E-state index contributed by atoms with van der Waals surface area (Å²) in [5, 5.41) is 11.8. The van der Waals surface area contributed by atoms with E-state index < -0.39 is 0 Å². The zero-order valence-electron chi connectivity index (χ0n) is 13.2. The third-order valence-corrected chi connectivity index (χ3v) is 3.47. The Balaban J connectivity index is 2.94. The van der Waals surface area contributed by atoms with Crippen LogP contribution in [0, 0.1) is 0 Å². The maximum absolute atomic E-state index is 8.78. The maximum Gasteiger partial charge on any atom is 0.173 e. The first-order valence-electron chi connectivity index (χ1n) is 6.95. The van der Waals surface area contributed by atoms with Gasteiger partial charge in [-0.05, 0) is 31.2 Å². The van der Waals surface area contributed by atoms with Crippen molar-refractivity contribution >= 4 is 5.84 Å². The zero-order chi connectivity index (χ0) is 15.8. The summed E-state index contributed by atoms with van der Waals surface area (Å²) in [6, 6.07) is 6.00. The number of rotatable bonds is 8. The van der Waals surface area contributed by atoms with E-state index >= 15 is 0 Å². The number of benzene rings is 1. The lowest BCUT2D eigenvalue weighted by Crippen LogP contribution is -2.35. The van der Waals surface area contributed by atoms with Crippen LogP contribution in [0.2, 0.25) is 0 Å². The molecule has 6 nitrogen and oxygen atoms in total. The third kappa shape index (κ3) is 4.61. The molecule has 0 aromatic heterocycles. The van der Waals surface area contributed by atoms with Crippen LogP contribution in [-0.4, -0.2) is 49.4 Å². The first kappa shape index (κ1) is 17.3. The van der Waals surface area contributed by atoms with Crippen molar-refractivity contribution in [3.63, 3.8) is 0 Å². The van der Waals surface area contributed by atoms with Crippen LogP contribution < -0.4 is 10.5 Å². The quantitative estimate of drug-likeness (QED) is 0.330. The molecule has 3 N–H and O–H groups in total. The first-order chi connectivity index (χ1) is 10.1. The average molecular weight is 295 g/mol. The van der Waals surface area contributed by atoms with Gasteiger partial charge in [0, 0.05) is 19.7 Å². The summed E-state index contributed by atoms with van der Waals surface area (Å²) < 4.78 is 10.5. The summed E-state index contributed by atoms with van der Waals surface area (Å²) in [6.45, 7) is 6.65. The van der Waals surface area contributed by atoms with Gasteiger partial charge in [-0.3, -0.25) is 4.90 Å². The van der Waals surface area contributed by atoms with Crippen LogP contribution in [0.3, 0.4) is 0 Å². The maximum atomic E-state index is 8.78. The Kier molecular flexibility index (Phi) is 6.98. The molecule has 0 spiro atoms. The molecule has 0 saturated heterocycles. The van der Waals surface area contributed by atoms with Gasteiger partial charge in [0.15, 0.2) is 5.84 Å². The van der Waals surface area contributed by atoms with Gasteiger partial charge in [0.1, 0.15) is 5.75 Å². The highest BCUT2D eigenvalue weighted by Gasteiger charge is 2.14. The van der Waals surface area contributed by atoms with Gasteiger partial charge in [0.05, 0.1) is 19.3 Å². The average Bonchev–Trinajstić information content (AvgIpc) is 2.51. The van der Waals surface area contributed by atoms with Crippen molar-refractivity contribution in [1.82, 2.24) is 4.90 Å². The van der Waals surface area contributed by atoms with E-state index in [9.17, 15) is 0 Å². The fourth-order valence-corrected chi connectivity index (χ4v) is 2.26. The van der Waals surface area contributed by atoms with E-state index in [-0.39, 0.29) is 5.84 Å². The molecule has 21 heavy (non-hydrogen) atoms. The highest BCUT2D eigenvalue weighted by molar-refractivity contribution is 5.99. The van der Waals surface area contributed by atoms with Crippen LogP contribution >= 0.6 is 0 Å². The predicted molar refractivity (Wildman–Crippen MR) is 82.9 cm³/mol. The summed E-state index contributed by atoms with van der Waals surface area (Å²) in [6.07, 6.45) is 0. The fraction of sp³-hybridized carbons (Fsp3) is 0.533. The largest absolute Gasteiger partial charge is 0.496 e. The minimum atomic E-state index is 0.0403. The minimum absolute atomic E-state index is 0.0403. The number of methoxy groups -OCH3 is 2. The Hall–Kier alpha value is -1.79. The zero-order valence-corrected chi connectivity index (χ0v) is 13.2. The van der Waals surface area contributed by atoms with E-state index in [0.29, 0.717) is 24.0 Å². The minimum Gasteiger partial charge on any atom is -0.496 e. The molecule has 1 rings (SSSR count). The lowest BCUT2D eigenvalue weighted by molar-refractivity contribution is 0.0981. The summed E-state index contributed by atoms with van der Waals surface area (Å²) in [7, 11) is 3.28. The van der Waals surface area contributed by atoms with Gasteiger partial charge in [0.2, 0.25) is 0 Å². The molecule has 0 heterocycles. The van der Waals surface area contributed by atoms with Gasteiger partial charge in [0.25, 0.3) is 0 Å². The van der Waals surface area contributed by atoms with Gasteiger partial charge >= 0.3 is 0 Å². The number of oxime groups is 1. The molecule has 0 saturated carbocycles. The molecular weight excluding hydrogens is 270 g/mol. The van der Waals surface area contributed by atoms with Crippen molar-refractivity contribution in [2.75, 3.05) is 27.4 Å². The molecule has 1 aromatic rings. The summed E-state index contributed by atoms with van der Waals surface area (Å²) in [5.74, 6) is 0.636. The van der Waals surface area contributed by atoms with Gasteiger partial charge in [-0.25, -0.2) is 0 Å². The Morgan fingerprint density at radius 1 is 1.43 bits per heavy atom. The molecule has 0 aliphatic rings. The van der Waals surface area contributed by atoms with E-state index in [1.807, 2.05) is 12.1 Å². The Bertz CT molecular complexity index is 477. The second-order valence-electron chi connectivity index (χ2n) is 4.89. The van der Waals surface area contributed by atoms with Crippen LogP contribution in [0.25, 0.3) is 0 Å². The van der Waals surface area contributed by atoms with Crippen LogP contribution in [0.4, 0.5) is 0 Å². The first-order valence-corrected chi connectivity index (χ1v) is 6.95. The van der Waals surface area contributed by atoms with Crippen molar-refractivity contribution in [2.24, 2.45) is 10.9 Å². The van der Waals surface area contributed by atoms with Crippen LogP contribution in [0.1, 0.15) is 25.0 Å². The predicted octanol–water partition coefficient (Wildman–Crippen LogP) is 1.65. The molecule has 6 heteroatoms. The molecule has 0 fully saturated rings. The number of ether oxygens (including phenoxy) is 2. The van der Waals surface area contributed by atoms with Gasteiger partial charge < -0.3 is 20.4 Å². The van der Waals surface area contributed by atoms with E-state index in [4.69, 9.17) is 20.4 Å². The molecule has 118 valence electrons. The fourth-order valence-electron chi connectivity index (χ4n) is 2.26. The number of hydrogen-bond acceptors (Lipinski definition) is 5. The van der Waals surface area contributed by atoms with E-state index in [2.05, 4.69) is 23.9 Å². The Labute approximate surface area is 126 Å². The highest BCUT2D eigenvalue weighted by Crippen LogP contribution is 2.21. The standard InChI is InChI=1S/C15H25N3O3/c1-5-18(11(2)10-20-3)9-12-6-7-13(15(16)17-19)14(8-12)21-4/h6-8,11,19H,5,9-10H2,1-4H3,(H2,16,17). The number of amidine groups is 1. The molecule has 1 aromatic carbocycles. The molecule has 0 amide bonds. The second kappa shape index (κ2) is 8.49. The van der Waals surface area contributed by atoms with Gasteiger partial charge in [-0.1, -0.05) is 18.1 Å². The molecule has 0 radical (unpaired) electrons. The molecule has 1 unspecified atom stereocenters. The van der Waals surface area contributed by atoms with Gasteiger partial charge in [-0.2, -0.15) is 0 Å². The second-order valence-corrected chi connectivity index (χ2v) is 4.89. The summed E-state index contributed by atoms with van der Waals surface area (Å²) in [5.41, 5.74) is 7.31. The van der Waals surface area contributed by atoms with Crippen LogP contribution in [0.5, 0.6) is 5.75 Å². The third-order valence-electron chi connectivity index (χ3n) is 3.47. The smallest absolute Gasteiger partial charge is 0.173 e. The SMILES string of the molecule is CCN(Cc1ccc(/C(N)=N/O)c(OC)c1)C(C)COC. The number of likely N-dealkylation sites (N-methyl/N-ethyl adjacent to an activating group) is 1. The van der Waals surface area contributed by atoms with Crippen LogP contribution in [-0.2, 0) is 11.3 Å². The Morgan fingerprint density at radius 3 is 2.67 bits per heavy atom. The lowest BCUT2D eigenvalue weighted by Gasteiger charge is -2.27. The monoisotopic (exact) mass is 295 g/mol. The Morgan fingerprint density at radius 2 is 2.14 bits per heavy atom. The van der Waals surface area contributed by atoms with Crippen molar-refractivity contribution in [1.29, 1.82) is 0 Å². The summed E-state index contributed by atoms with van der Waals surface area (Å²) in [4.78, 5) is 2.31. The molecule has 0 bridgehead atoms. The molecule has 0 aliphatic carbocycles. The normalized spacial score (nSPS) is 13.5. The molecule has 1 atom stereocenters. The van der Waals surface area contributed by atoms with Crippen molar-refractivity contribution in [3.8, 4) is 5.75 Å². The van der Waals surface area contributed by atoms with Gasteiger partial charge in [-0.15, -0.1) is 0 Å². The number of nitrogens with two attached hydrogens (primary N) is 1. The molecule has 0 aliphatic heterocycles. The van der Waals surface area contributed by atoms with E-state index in [1.54, 1.807) is 20.3 Å². The van der Waals surface area contributed by atoms with Crippen molar-refractivity contribution in [3.05, 3.63) is 29.3 Å². The van der Waals surface area contributed by atoms with Crippen molar-refractivity contribution in [2.45, 2.75) is 26.4 Å². The topological polar surface area (TPSA) is 80.3 Å². The lowest BCUT2D eigenvalue weighted by atomic mass is 10.1. The summed E-state index contributed by atoms with van der Waals surface area (Å²) >= 11 is 0. The number of nitrogens with zero attached hydrogens (tertiary/aromatic N) is 2. The van der Waals surface area contributed by atoms with E-state index in [1.165, 1.54) is 0 Å². The van der Waals surface area contributed by atoms with Crippen molar-refractivity contribution < 1.29 is 14.7 Å². The number of hydrogen-bond donors (Lipinski definition) is 2. The van der Waals surface area contributed by atoms with Crippen LogP contribution in [0.15, 0.2) is 23.4 Å². The van der Waals surface area contributed by atoms with E-state index in [0.717, 1.165) is 18.7 Å². The highest BCUT2D eigenvalue weighted by atomic mass is 16.5. The molecular formula is C15H25N3O3.